The lowest BCUT2D eigenvalue weighted by atomic mass is 10.0. The zero-order valence-electron chi connectivity index (χ0n) is 15.7. The minimum Gasteiger partial charge on any atom is -0.294 e. The number of non-ortho nitro benzene ring substituents is 1. The molecule has 29 heavy (non-hydrogen) atoms. The first kappa shape index (κ1) is 20.4. The van der Waals surface area contributed by atoms with Crippen LogP contribution >= 0.6 is 0 Å². The fourth-order valence-electron chi connectivity index (χ4n) is 3.02. The first-order valence-electron chi connectivity index (χ1n) is 8.92. The molecule has 0 saturated carbocycles. The van der Waals surface area contributed by atoms with E-state index in [0.717, 1.165) is 5.56 Å². The van der Waals surface area contributed by atoms with Crippen molar-refractivity contribution in [3.05, 3.63) is 106 Å². The molecule has 0 aliphatic rings. The number of nitro groups is 1. The van der Waals surface area contributed by atoms with Crippen LogP contribution in [0.5, 0.6) is 0 Å². The van der Waals surface area contributed by atoms with Gasteiger partial charge >= 0.3 is 0 Å². The molecule has 0 aliphatic carbocycles. The number of carbonyl (C=O) groups excluding carboxylic acids is 1. The van der Waals surface area contributed by atoms with Crippen molar-refractivity contribution in [3.63, 3.8) is 0 Å². The molecular formula is C22H19NO5S. The molecule has 0 amide bonds. The van der Waals surface area contributed by atoms with Crippen LogP contribution in [0.4, 0.5) is 5.69 Å². The number of nitrogens with zero attached hydrogens (tertiary/aromatic N) is 1. The molecule has 0 aliphatic heterocycles. The van der Waals surface area contributed by atoms with Crippen molar-refractivity contribution >= 4 is 21.3 Å². The van der Waals surface area contributed by atoms with Crippen LogP contribution < -0.4 is 0 Å². The highest BCUT2D eigenvalue weighted by atomic mass is 32.2. The Morgan fingerprint density at radius 1 is 0.931 bits per heavy atom. The highest BCUT2D eigenvalue weighted by Crippen LogP contribution is 2.33. The van der Waals surface area contributed by atoms with E-state index in [9.17, 15) is 23.3 Å². The van der Waals surface area contributed by atoms with Gasteiger partial charge < -0.3 is 0 Å². The number of hydrogen-bond donors (Lipinski definition) is 0. The van der Waals surface area contributed by atoms with E-state index in [-0.39, 0.29) is 22.6 Å². The second-order valence-electron chi connectivity index (χ2n) is 6.69. The van der Waals surface area contributed by atoms with E-state index < -0.39 is 25.8 Å². The van der Waals surface area contributed by atoms with E-state index in [2.05, 4.69) is 0 Å². The van der Waals surface area contributed by atoms with Crippen LogP contribution in [0, 0.1) is 17.0 Å². The van der Waals surface area contributed by atoms with Gasteiger partial charge in [-0.05, 0) is 36.8 Å². The van der Waals surface area contributed by atoms with Gasteiger partial charge in [0.1, 0.15) is 0 Å². The number of rotatable bonds is 7. The first-order chi connectivity index (χ1) is 13.8. The molecule has 0 N–H and O–H groups in total. The van der Waals surface area contributed by atoms with E-state index in [4.69, 9.17) is 0 Å². The predicted octanol–water partition coefficient (Wildman–Crippen LogP) is 4.69. The van der Waals surface area contributed by atoms with Crippen molar-refractivity contribution in [1.82, 2.24) is 0 Å². The number of nitro benzene ring substituents is 1. The summed E-state index contributed by atoms with van der Waals surface area (Å²) in [6.07, 6.45) is -0.266. The second kappa shape index (κ2) is 8.36. The third-order valence-corrected chi connectivity index (χ3v) is 6.78. The van der Waals surface area contributed by atoms with E-state index in [1.54, 1.807) is 42.5 Å². The van der Waals surface area contributed by atoms with E-state index >= 15 is 0 Å². The molecule has 0 saturated heterocycles. The van der Waals surface area contributed by atoms with Gasteiger partial charge in [0.15, 0.2) is 15.6 Å². The number of hydrogen-bond acceptors (Lipinski definition) is 5. The summed E-state index contributed by atoms with van der Waals surface area (Å²) in [6.45, 7) is 1.86. The van der Waals surface area contributed by atoms with Crippen molar-refractivity contribution in [2.24, 2.45) is 0 Å². The van der Waals surface area contributed by atoms with Gasteiger partial charge in [0.25, 0.3) is 5.69 Å². The van der Waals surface area contributed by atoms with Gasteiger partial charge in [-0.1, -0.05) is 48.0 Å². The zero-order chi connectivity index (χ0) is 21.0. The average molecular weight is 409 g/mol. The van der Waals surface area contributed by atoms with Crippen LogP contribution in [0.15, 0.2) is 83.8 Å². The van der Waals surface area contributed by atoms with Gasteiger partial charge in [-0.25, -0.2) is 8.42 Å². The van der Waals surface area contributed by atoms with Gasteiger partial charge in [-0.3, -0.25) is 14.9 Å². The smallest absolute Gasteiger partial charge is 0.269 e. The minimum atomic E-state index is -3.82. The minimum absolute atomic E-state index is 0.131. The van der Waals surface area contributed by atoms with Crippen LogP contribution in [0.1, 0.15) is 33.2 Å². The molecule has 6 nitrogen and oxygen atoms in total. The lowest BCUT2D eigenvalue weighted by Gasteiger charge is -2.18. The molecule has 3 aromatic rings. The lowest BCUT2D eigenvalue weighted by molar-refractivity contribution is -0.384. The molecule has 0 bridgehead atoms. The summed E-state index contributed by atoms with van der Waals surface area (Å²) >= 11 is 0. The van der Waals surface area contributed by atoms with Crippen LogP contribution in [-0.4, -0.2) is 19.1 Å². The third-order valence-electron chi connectivity index (χ3n) is 4.67. The Balaban J connectivity index is 1.97. The Kier molecular flexibility index (Phi) is 5.89. The first-order valence-corrected chi connectivity index (χ1v) is 10.5. The quantitative estimate of drug-likeness (QED) is 0.320. The Hall–Kier alpha value is -3.32. The van der Waals surface area contributed by atoms with E-state index in [1.165, 1.54) is 36.4 Å². The van der Waals surface area contributed by atoms with Crippen molar-refractivity contribution < 1.29 is 18.1 Å². The third kappa shape index (κ3) is 4.57. The molecule has 0 aromatic heterocycles. The summed E-state index contributed by atoms with van der Waals surface area (Å²) in [5.74, 6) is -0.399. The summed E-state index contributed by atoms with van der Waals surface area (Å²) in [4.78, 5) is 23.2. The number of Topliss-reactive ketones (excluding diaryl/α,β-unsaturated/α-hetero) is 1. The summed E-state index contributed by atoms with van der Waals surface area (Å²) in [6, 6.07) is 20.3. The van der Waals surface area contributed by atoms with Crippen molar-refractivity contribution in [1.29, 1.82) is 0 Å². The summed E-state index contributed by atoms with van der Waals surface area (Å²) in [7, 11) is -3.82. The largest absolute Gasteiger partial charge is 0.294 e. The Morgan fingerprint density at radius 2 is 1.52 bits per heavy atom. The number of carbonyl (C=O) groups is 1. The van der Waals surface area contributed by atoms with Gasteiger partial charge in [-0.2, -0.15) is 0 Å². The zero-order valence-corrected chi connectivity index (χ0v) is 16.5. The fraction of sp³-hybridized carbons (Fsp3) is 0.136. The Bertz CT molecular complexity index is 1120. The monoisotopic (exact) mass is 409 g/mol. The molecular weight excluding hydrogens is 390 g/mol. The standard InChI is InChI=1S/C22H19NO5S/c1-16-7-13-20(14-8-16)29(27,28)22(18-5-3-2-4-6-18)15-21(24)17-9-11-19(12-10-17)23(25)26/h2-14,22H,15H2,1H3/t22-/m1/s1. The summed E-state index contributed by atoms with van der Waals surface area (Å²) in [5, 5.41) is 9.74. The van der Waals surface area contributed by atoms with E-state index in [0.29, 0.717) is 5.56 Å². The number of benzene rings is 3. The lowest BCUT2D eigenvalue weighted by Crippen LogP contribution is -2.18. The molecule has 3 rings (SSSR count). The Morgan fingerprint density at radius 3 is 2.07 bits per heavy atom. The normalized spacial score (nSPS) is 12.3. The number of ketones is 1. The highest BCUT2D eigenvalue weighted by Gasteiger charge is 2.31. The maximum absolute atomic E-state index is 13.3. The van der Waals surface area contributed by atoms with Crippen LogP contribution in [-0.2, 0) is 9.84 Å². The van der Waals surface area contributed by atoms with Crippen LogP contribution in [0.2, 0.25) is 0 Å². The van der Waals surface area contributed by atoms with Gasteiger partial charge in [0.2, 0.25) is 0 Å². The molecule has 0 unspecified atom stereocenters. The van der Waals surface area contributed by atoms with Gasteiger partial charge in [0, 0.05) is 24.1 Å². The van der Waals surface area contributed by atoms with Crippen LogP contribution in [0.25, 0.3) is 0 Å². The Labute approximate surface area is 168 Å². The molecule has 0 spiro atoms. The average Bonchev–Trinajstić information content (AvgIpc) is 2.72. The highest BCUT2D eigenvalue weighted by molar-refractivity contribution is 7.91. The van der Waals surface area contributed by atoms with Crippen molar-refractivity contribution in [3.8, 4) is 0 Å². The second-order valence-corrected chi connectivity index (χ2v) is 8.82. The predicted molar refractivity (Wildman–Crippen MR) is 110 cm³/mol. The van der Waals surface area contributed by atoms with Gasteiger partial charge in [-0.15, -0.1) is 0 Å². The molecule has 0 fully saturated rings. The van der Waals surface area contributed by atoms with E-state index in [1.807, 2.05) is 6.92 Å². The molecule has 7 heteroatoms. The molecule has 1 atom stereocenters. The van der Waals surface area contributed by atoms with Gasteiger partial charge in [0.05, 0.1) is 15.1 Å². The summed E-state index contributed by atoms with van der Waals surface area (Å²) < 4.78 is 26.6. The number of aryl methyl sites for hydroxylation is 1. The van der Waals surface area contributed by atoms with Crippen molar-refractivity contribution in [2.45, 2.75) is 23.5 Å². The maximum Gasteiger partial charge on any atom is 0.269 e. The molecule has 3 aromatic carbocycles. The van der Waals surface area contributed by atoms with Crippen molar-refractivity contribution in [2.75, 3.05) is 0 Å². The molecule has 0 radical (unpaired) electrons. The maximum atomic E-state index is 13.3. The topological polar surface area (TPSA) is 94.3 Å². The molecule has 148 valence electrons. The molecule has 0 heterocycles. The summed E-state index contributed by atoms with van der Waals surface area (Å²) in [5.41, 5.74) is 1.55. The fourth-order valence-corrected chi connectivity index (χ4v) is 4.75. The van der Waals surface area contributed by atoms with Crippen LogP contribution in [0.3, 0.4) is 0 Å². The SMILES string of the molecule is Cc1ccc(S(=O)(=O)[C@H](CC(=O)c2ccc([N+](=O)[O-])cc2)c2ccccc2)cc1. The number of sulfone groups is 1.